The second kappa shape index (κ2) is 10.1. The fraction of sp³-hybridized carbons (Fsp3) is 0.258. The zero-order chi connectivity index (χ0) is 28.9. The number of H-pyrrole nitrogens is 1. The molecular formula is C31H31N5O4. The van der Waals surface area contributed by atoms with Crippen LogP contribution in [0.2, 0.25) is 0 Å². The Morgan fingerprint density at radius 2 is 1.40 bits per heavy atom. The molecule has 9 nitrogen and oxygen atoms in total. The first-order chi connectivity index (χ1) is 19.0. The number of hydrogen-bond donors (Lipinski definition) is 1. The van der Waals surface area contributed by atoms with E-state index in [0.717, 1.165) is 22.3 Å². The lowest BCUT2D eigenvalue weighted by Gasteiger charge is -2.23. The Balaban J connectivity index is 1.66. The van der Waals surface area contributed by atoms with Crippen LogP contribution < -0.4 is 10.6 Å². The van der Waals surface area contributed by atoms with E-state index in [2.05, 4.69) is 10.2 Å². The lowest BCUT2D eigenvalue weighted by atomic mass is 9.78. The number of non-ortho nitro benzene ring substituents is 1. The zero-order valence-corrected chi connectivity index (χ0v) is 23.4. The normalized spacial score (nSPS) is 15.8. The van der Waals surface area contributed by atoms with Crippen molar-refractivity contribution in [3.63, 3.8) is 0 Å². The number of aromatic amines is 1. The minimum absolute atomic E-state index is 0.0688. The second-order valence-electron chi connectivity index (χ2n) is 10.5. The number of carbonyl (C=O) groups is 1. The zero-order valence-electron chi connectivity index (χ0n) is 23.4. The summed E-state index contributed by atoms with van der Waals surface area (Å²) >= 11 is 0. The summed E-state index contributed by atoms with van der Waals surface area (Å²) in [4.78, 5) is 39.0. The third kappa shape index (κ3) is 4.53. The van der Waals surface area contributed by atoms with Crippen molar-refractivity contribution >= 4 is 23.0 Å². The smallest absolute Gasteiger partial charge is 0.275 e. The fourth-order valence-corrected chi connectivity index (χ4v) is 5.31. The third-order valence-electron chi connectivity index (χ3n) is 7.89. The summed E-state index contributed by atoms with van der Waals surface area (Å²) < 4.78 is 1.49. The Morgan fingerprint density at radius 1 is 0.825 bits per heavy atom. The van der Waals surface area contributed by atoms with Gasteiger partial charge < -0.3 is 0 Å². The topological polar surface area (TPSA) is 114 Å². The molecule has 2 heterocycles. The molecule has 0 spiro atoms. The molecule has 1 aliphatic rings. The van der Waals surface area contributed by atoms with Crippen LogP contribution in [0.3, 0.4) is 0 Å². The van der Waals surface area contributed by atoms with Crippen LogP contribution in [0.15, 0.2) is 70.6 Å². The summed E-state index contributed by atoms with van der Waals surface area (Å²) in [5.41, 5.74) is 7.48. The van der Waals surface area contributed by atoms with Gasteiger partial charge in [-0.1, -0.05) is 24.3 Å². The van der Waals surface area contributed by atoms with E-state index in [4.69, 9.17) is 0 Å². The minimum atomic E-state index is -0.779. The van der Waals surface area contributed by atoms with Crippen molar-refractivity contribution in [3.05, 3.63) is 120 Å². The molecule has 0 aliphatic carbocycles. The lowest BCUT2D eigenvalue weighted by molar-refractivity contribution is -0.384. The molecule has 1 aromatic heterocycles. The van der Waals surface area contributed by atoms with E-state index < -0.39 is 16.8 Å². The molecule has 0 saturated carbocycles. The van der Waals surface area contributed by atoms with Crippen LogP contribution in [0.1, 0.15) is 51.9 Å². The van der Waals surface area contributed by atoms with Gasteiger partial charge in [0.05, 0.1) is 22.2 Å². The van der Waals surface area contributed by atoms with Gasteiger partial charge in [0.1, 0.15) is 0 Å². The number of hydrogen-bond acceptors (Lipinski definition) is 5. The third-order valence-corrected chi connectivity index (χ3v) is 7.89. The van der Waals surface area contributed by atoms with Gasteiger partial charge in [-0.3, -0.25) is 24.8 Å². The molecule has 2 atom stereocenters. The summed E-state index contributed by atoms with van der Waals surface area (Å²) in [6.07, 6.45) is 0. The maximum absolute atomic E-state index is 14.0. The lowest BCUT2D eigenvalue weighted by Crippen LogP contribution is -2.34. The standard InChI is InChI=1S/C31H31N5O4/c1-17-7-11-25(15-19(17)3)34-30(37)27(21(5)32-34)29(23-9-13-24(14-10-23)36(39)40)28-22(6)33-35(31(28)38)26-12-8-18(2)20(4)16-26/h7-16,27,29,33H,1-6H3/t27-,29+/m1/s1. The monoisotopic (exact) mass is 537 g/mol. The van der Waals surface area contributed by atoms with Gasteiger partial charge in [0.15, 0.2) is 0 Å². The number of nitrogens with one attached hydrogen (secondary N) is 1. The molecule has 3 aromatic carbocycles. The minimum Gasteiger partial charge on any atom is -0.295 e. The number of hydrazone groups is 1. The van der Waals surface area contributed by atoms with Crippen LogP contribution in [0.25, 0.3) is 5.69 Å². The second-order valence-corrected chi connectivity index (χ2v) is 10.5. The predicted octanol–water partition coefficient (Wildman–Crippen LogP) is 5.79. The average Bonchev–Trinajstić information content (AvgIpc) is 3.38. The van der Waals surface area contributed by atoms with Crippen molar-refractivity contribution < 1.29 is 9.72 Å². The van der Waals surface area contributed by atoms with E-state index in [0.29, 0.717) is 33.9 Å². The van der Waals surface area contributed by atoms with Gasteiger partial charge in [0.25, 0.3) is 17.2 Å². The predicted molar refractivity (Wildman–Crippen MR) is 156 cm³/mol. The summed E-state index contributed by atoms with van der Waals surface area (Å²) in [5.74, 6) is -1.76. The molecule has 5 rings (SSSR count). The van der Waals surface area contributed by atoms with Crippen LogP contribution >= 0.6 is 0 Å². The highest BCUT2D eigenvalue weighted by Crippen LogP contribution is 2.39. The molecule has 9 heteroatoms. The van der Waals surface area contributed by atoms with Crippen molar-refractivity contribution in [2.45, 2.75) is 47.5 Å². The van der Waals surface area contributed by atoms with Gasteiger partial charge in [0.2, 0.25) is 0 Å². The van der Waals surface area contributed by atoms with E-state index in [-0.39, 0.29) is 17.2 Å². The summed E-state index contributed by atoms with van der Waals surface area (Å²) in [5, 5.41) is 20.6. The first kappa shape index (κ1) is 26.8. The Hall–Kier alpha value is -4.79. The number of amides is 1. The highest BCUT2D eigenvalue weighted by molar-refractivity contribution is 6.15. The van der Waals surface area contributed by atoms with Gasteiger partial charge in [0, 0.05) is 35.0 Å². The Morgan fingerprint density at radius 3 is 1.98 bits per heavy atom. The van der Waals surface area contributed by atoms with E-state index in [9.17, 15) is 19.7 Å². The van der Waals surface area contributed by atoms with Gasteiger partial charge in [-0.15, -0.1) is 0 Å². The Labute approximate surface area is 231 Å². The maximum Gasteiger partial charge on any atom is 0.275 e. The SMILES string of the molecule is CC1=NN(c2ccc(C)c(C)c2)C(=O)[C@H]1[C@H](c1ccc([N+](=O)[O-])cc1)c1c(C)[nH]n(-c2ccc(C)c(C)c2)c1=O. The number of nitro benzene ring substituents is 1. The molecule has 0 saturated heterocycles. The van der Waals surface area contributed by atoms with Crippen LogP contribution in [0, 0.1) is 50.7 Å². The number of aryl methyl sites for hydroxylation is 5. The first-order valence-electron chi connectivity index (χ1n) is 13.1. The van der Waals surface area contributed by atoms with Gasteiger partial charge in [-0.05, 0) is 93.6 Å². The van der Waals surface area contributed by atoms with Crippen molar-refractivity contribution in [2.75, 3.05) is 5.01 Å². The number of aromatic nitrogens is 2. The van der Waals surface area contributed by atoms with E-state index >= 15 is 0 Å². The van der Waals surface area contributed by atoms with E-state index in [1.165, 1.54) is 21.8 Å². The highest BCUT2D eigenvalue weighted by Gasteiger charge is 2.43. The Kier molecular flexibility index (Phi) is 6.75. The fourth-order valence-electron chi connectivity index (χ4n) is 5.31. The van der Waals surface area contributed by atoms with Crippen LogP contribution in [-0.2, 0) is 4.79 Å². The molecule has 0 radical (unpaired) electrons. The van der Waals surface area contributed by atoms with E-state index in [1.807, 2.05) is 64.1 Å². The average molecular weight is 538 g/mol. The van der Waals surface area contributed by atoms with Gasteiger partial charge in [-0.25, -0.2) is 9.69 Å². The molecule has 0 bridgehead atoms. The first-order valence-corrected chi connectivity index (χ1v) is 13.1. The summed E-state index contributed by atoms with van der Waals surface area (Å²) in [7, 11) is 0. The van der Waals surface area contributed by atoms with Crippen molar-refractivity contribution in [1.29, 1.82) is 0 Å². The number of carbonyl (C=O) groups excluding carboxylic acids is 1. The van der Waals surface area contributed by atoms with Crippen LogP contribution in [-0.4, -0.2) is 26.3 Å². The molecule has 1 amide bonds. The number of benzene rings is 3. The quantitative estimate of drug-likeness (QED) is 0.248. The summed E-state index contributed by atoms with van der Waals surface area (Å²) in [6, 6.07) is 17.5. The number of nitrogens with zero attached hydrogens (tertiary/aromatic N) is 4. The van der Waals surface area contributed by atoms with Crippen LogP contribution in [0.5, 0.6) is 0 Å². The molecule has 1 aliphatic heterocycles. The van der Waals surface area contributed by atoms with E-state index in [1.54, 1.807) is 26.0 Å². The van der Waals surface area contributed by atoms with Crippen molar-refractivity contribution in [3.8, 4) is 5.69 Å². The largest absolute Gasteiger partial charge is 0.295 e. The number of rotatable bonds is 6. The molecule has 4 aromatic rings. The highest BCUT2D eigenvalue weighted by atomic mass is 16.6. The molecule has 1 N–H and O–H groups in total. The number of nitro groups is 1. The molecule has 0 fully saturated rings. The van der Waals surface area contributed by atoms with Crippen molar-refractivity contribution in [1.82, 2.24) is 9.78 Å². The summed E-state index contributed by atoms with van der Waals surface area (Å²) in [6.45, 7) is 11.6. The Bertz CT molecular complexity index is 1750. The molecule has 204 valence electrons. The molecular weight excluding hydrogens is 506 g/mol. The molecule has 40 heavy (non-hydrogen) atoms. The molecule has 0 unspecified atom stereocenters. The van der Waals surface area contributed by atoms with Crippen molar-refractivity contribution in [2.24, 2.45) is 11.0 Å². The van der Waals surface area contributed by atoms with Crippen LogP contribution in [0.4, 0.5) is 11.4 Å². The maximum atomic E-state index is 14.0. The van der Waals surface area contributed by atoms with Gasteiger partial charge >= 0.3 is 0 Å². The number of anilines is 1. The van der Waals surface area contributed by atoms with Gasteiger partial charge in [-0.2, -0.15) is 5.10 Å².